The normalized spacial score (nSPS) is 11.8. The van der Waals surface area contributed by atoms with Gasteiger partial charge in [0.05, 0.1) is 18.3 Å². The van der Waals surface area contributed by atoms with E-state index in [1.807, 2.05) is 60.7 Å². The van der Waals surface area contributed by atoms with Crippen LogP contribution in [0, 0.1) is 11.3 Å². The maximum atomic E-state index is 12.2. The van der Waals surface area contributed by atoms with Gasteiger partial charge in [-0.05, 0) is 11.1 Å². The van der Waals surface area contributed by atoms with Gasteiger partial charge in [-0.2, -0.15) is 5.26 Å². The molecule has 1 atom stereocenters. The second-order valence-corrected chi connectivity index (χ2v) is 6.25. The van der Waals surface area contributed by atoms with Crippen molar-refractivity contribution in [1.82, 2.24) is 9.88 Å². The summed E-state index contributed by atoms with van der Waals surface area (Å²) < 4.78 is 1.67. The minimum atomic E-state index is -0.520. The molecule has 0 spiro atoms. The van der Waals surface area contributed by atoms with E-state index in [2.05, 4.69) is 11.4 Å². The minimum absolute atomic E-state index is 0.0457. The van der Waals surface area contributed by atoms with E-state index in [9.17, 15) is 10.1 Å². The maximum Gasteiger partial charge on any atom is 0.307 e. The molecule has 0 aliphatic carbocycles. The lowest BCUT2D eigenvalue weighted by Gasteiger charge is -2.14. The van der Waals surface area contributed by atoms with Gasteiger partial charge in [-0.25, -0.2) is 0 Å². The second-order valence-electron chi connectivity index (χ2n) is 5.43. The topological polar surface area (TPSA) is 57.8 Å². The molecule has 0 saturated carbocycles. The first-order valence-electron chi connectivity index (χ1n) is 7.67. The Kier molecular flexibility index (Phi) is 5.22. The lowest BCUT2D eigenvalue weighted by molar-refractivity contribution is 0.580. The minimum Gasteiger partial charge on any atom is -0.296 e. The van der Waals surface area contributed by atoms with Crippen molar-refractivity contribution in [3.05, 3.63) is 92.5 Å². The average molecular weight is 335 g/mol. The van der Waals surface area contributed by atoms with Gasteiger partial charge >= 0.3 is 4.87 Å². The van der Waals surface area contributed by atoms with E-state index in [0.29, 0.717) is 18.8 Å². The van der Waals surface area contributed by atoms with Gasteiger partial charge in [0, 0.05) is 11.9 Å². The van der Waals surface area contributed by atoms with Crippen molar-refractivity contribution in [2.24, 2.45) is 0 Å². The lowest BCUT2D eigenvalue weighted by Crippen LogP contribution is -2.25. The highest BCUT2D eigenvalue weighted by atomic mass is 32.1. The monoisotopic (exact) mass is 335 g/mol. The fraction of sp³-hybridized carbons (Fsp3) is 0.158. The molecular weight excluding hydrogens is 318 g/mol. The first-order chi connectivity index (χ1) is 11.8. The van der Waals surface area contributed by atoms with Crippen LogP contribution in [0.5, 0.6) is 0 Å². The van der Waals surface area contributed by atoms with Crippen LogP contribution < -0.4 is 10.2 Å². The lowest BCUT2D eigenvalue weighted by atomic mass is 10.2. The van der Waals surface area contributed by atoms with E-state index >= 15 is 0 Å². The van der Waals surface area contributed by atoms with Crippen LogP contribution in [-0.4, -0.2) is 4.57 Å². The highest BCUT2D eigenvalue weighted by molar-refractivity contribution is 7.07. The summed E-state index contributed by atoms with van der Waals surface area (Å²) in [4.78, 5) is 12.1. The summed E-state index contributed by atoms with van der Waals surface area (Å²) in [6, 6.07) is 21.4. The smallest absolute Gasteiger partial charge is 0.296 e. The van der Waals surface area contributed by atoms with Crippen LogP contribution in [0.25, 0.3) is 0 Å². The standard InChI is InChI=1S/C19H17N3OS/c20-11-17(21-12-15-7-3-1-4-8-15)18-14-24-19(23)22(18)13-16-9-5-2-6-10-16/h1-10,14,17,21H,12-13H2/t17-/m0/s1. The van der Waals surface area contributed by atoms with Gasteiger partial charge in [-0.3, -0.25) is 14.7 Å². The summed E-state index contributed by atoms with van der Waals surface area (Å²) in [5, 5.41) is 14.5. The van der Waals surface area contributed by atoms with Crippen molar-refractivity contribution >= 4 is 11.3 Å². The third kappa shape index (κ3) is 3.80. The summed E-state index contributed by atoms with van der Waals surface area (Å²) in [7, 11) is 0. The number of nitrogens with zero attached hydrogens (tertiary/aromatic N) is 2. The molecule has 0 amide bonds. The molecule has 3 rings (SSSR count). The van der Waals surface area contributed by atoms with Crippen molar-refractivity contribution in [3.63, 3.8) is 0 Å². The van der Waals surface area contributed by atoms with Crippen LogP contribution >= 0.6 is 11.3 Å². The number of aromatic nitrogens is 1. The molecule has 1 N–H and O–H groups in total. The Morgan fingerprint density at radius 3 is 2.29 bits per heavy atom. The van der Waals surface area contributed by atoms with Crippen LogP contribution in [0.15, 0.2) is 70.8 Å². The zero-order valence-electron chi connectivity index (χ0n) is 13.1. The number of benzene rings is 2. The number of nitrogens with one attached hydrogen (secondary N) is 1. The molecule has 3 aromatic rings. The molecular formula is C19H17N3OS. The molecule has 0 radical (unpaired) electrons. The molecule has 2 aromatic carbocycles. The molecule has 0 fully saturated rings. The Morgan fingerprint density at radius 2 is 1.67 bits per heavy atom. The summed E-state index contributed by atoms with van der Waals surface area (Å²) in [6.45, 7) is 1.05. The summed E-state index contributed by atoms with van der Waals surface area (Å²) in [6.07, 6.45) is 0. The van der Waals surface area contributed by atoms with Gasteiger partial charge in [0.25, 0.3) is 0 Å². The summed E-state index contributed by atoms with van der Waals surface area (Å²) in [5.41, 5.74) is 2.86. The number of nitriles is 1. The van der Waals surface area contributed by atoms with Gasteiger partial charge in [-0.15, -0.1) is 0 Å². The maximum absolute atomic E-state index is 12.2. The number of thiazole rings is 1. The zero-order valence-corrected chi connectivity index (χ0v) is 13.9. The largest absolute Gasteiger partial charge is 0.307 e. The average Bonchev–Trinajstić information content (AvgIpc) is 2.98. The first kappa shape index (κ1) is 16.2. The van der Waals surface area contributed by atoms with Gasteiger partial charge in [0.1, 0.15) is 6.04 Å². The van der Waals surface area contributed by atoms with E-state index in [-0.39, 0.29) is 4.87 Å². The Hall–Kier alpha value is -2.68. The third-order valence-corrected chi connectivity index (χ3v) is 4.56. The first-order valence-corrected chi connectivity index (χ1v) is 8.55. The Bertz CT molecular complexity index is 878. The predicted octanol–water partition coefficient (Wildman–Crippen LogP) is 3.31. The van der Waals surface area contributed by atoms with Crippen LogP contribution in [-0.2, 0) is 13.1 Å². The highest BCUT2D eigenvalue weighted by Crippen LogP contribution is 2.16. The van der Waals surface area contributed by atoms with E-state index in [0.717, 1.165) is 22.5 Å². The number of rotatable bonds is 6. The number of hydrogen-bond donors (Lipinski definition) is 1. The van der Waals surface area contributed by atoms with Crippen molar-refractivity contribution in [2.45, 2.75) is 19.1 Å². The Balaban J connectivity index is 1.80. The third-order valence-electron chi connectivity index (χ3n) is 3.77. The Labute approximate surface area is 144 Å². The van der Waals surface area contributed by atoms with Crippen LogP contribution in [0.3, 0.4) is 0 Å². The van der Waals surface area contributed by atoms with Gasteiger partial charge in [0.2, 0.25) is 0 Å². The zero-order chi connectivity index (χ0) is 16.8. The van der Waals surface area contributed by atoms with Crippen molar-refractivity contribution < 1.29 is 0 Å². The molecule has 1 heterocycles. The summed E-state index contributed by atoms with van der Waals surface area (Å²) >= 11 is 1.13. The molecule has 0 saturated heterocycles. The van der Waals surface area contributed by atoms with E-state index in [1.165, 1.54) is 0 Å². The molecule has 0 unspecified atom stereocenters. The van der Waals surface area contributed by atoms with E-state index in [4.69, 9.17) is 0 Å². The highest BCUT2D eigenvalue weighted by Gasteiger charge is 2.17. The Morgan fingerprint density at radius 1 is 1.04 bits per heavy atom. The van der Waals surface area contributed by atoms with Crippen molar-refractivity contribution in [1.29, 1.82) is 5.26 Å². The van der Waals surface area contributed by atoms with Crippen molar-refractivity contribution in [3.8, 4) is 6.07 Å². The fourth-order valence-electron chi connectivity index (χ4n) is 2.52. The molecule has 4 nitrogen and oxygen atoms in total. The quantitative estimate of drug-likeness (QED) is 0.752. The molecule has 1 aromatic heterocycles. The van der Waals surface area contributed by atoms with Crippen LogP contribution in [0.4, 0.5) is 0 Å². The van der Waals surface area contributed by atoms with Crippen LogP contribution in [0.2, 0.25) is 0 Å². The summed E-state index contributed by atoms with van der Waals surface area (Å²) in [5.74, 6) is 0. The molecule has 5 heteroatoms. The van der Waals surface area contributed by atoms with E-state index < -0.39 is 6.04 Å². The fourth-order valence-corrected chi connectivity index (χ4v) is 3.30. The molecule has 0 aliphatic heterocycles. The van der Waals surface area contributed by atoms with Gasteiger partial charge < -0.3 is 0 Å². The molecule has 24 heavy (non-hydrogen) atoms. The van der Waals surface area contributed by atoms with E-state index in [1.54, 1.807) is 9.95 Å². The van der Waals surface area contributed by atoms with Gasteiger partial charge in [-0.1, -0.05) is 72.0 Å². The molecule has 0 bridgehead atoms. The van der Waals surface area contributed by atoms with Crippen molar-refractivity contribution in [2.75, 3.05) is 0 Å². The predicted molar refractivity (Wildman–Crippen MR) is 95.8 cm³/mol. The second kappa shape index (κ2) is 7.73. The van der Waals surface area contributed by atoms with Crippen LogP contribution in [0.1, 0.15) is 22.9 Å². The molecule has 120 valence electrons. The number of hydrogen-bond acceptors (Lipinski definition) is 4. The molecule has 0 aliphatic rings. The van der Waals surface area contributed by atoms with Gasteiger partial charge in [0.15, 0.2) is 0 Å². The SMILES string of the molecule is N#C[C@H](NCc1ccccc1)c1csc(=O)n1Cc1ccccc1.